The van der Waals surface area contributed by atoms with Crippen molar-refractivity contribution in [2.75, 3.05) is 18.8 Å². The Morgan fingerprint density at radius 3 is 3.00 bits per heavy atom. The van der Waals surface area contributed by atoms with E-state index in [-0.39, 0.29) is 30.4 Å². The Hall–Kier alpha value is -0.930. The average molecular weight is 344 g/mol. The summed E-state index contributed by atoms with van der Waals surface area (Å²) in [6.45, 7) is -0.255. The molecule has 2 aliphatic rings. The molecule has 0 aromatic rings. The molecular weight excluding hydrogens is 320 g/mol. The lowest BCUT2D eigenvalue weighted by Gasteiger charge is -2.23. The third-order valence-electron chi connectivity index (χ3n) is 4.05. The van der Waals surface area contributed by atoms with Gasteiger partial charge in [0.2, 0.25) is 5.91 Å². The van der Waals surface area contributed by atoms with Crippen LogP contribution in [0, 0.1) is 5.92 Å². The highest BCUT2D eigenvalue weighted by atomic mass is 32.2. The summed E-state index contributed by atoms with van der Waals surface area (Å²) in [5, 5.41) is 19.5. The number of aliphatic hydroxyl groups is 2. The third-order valence-corrected chi connectivity index (χ3v) is 4.42. The zero-order chi connectivity index (χ0) is 16.8. The average Bonchev–Trinajstić information content (AvgIpc) is 2.81. The third kappa shape index (κ3) is 5.02. The van der Waals surface area contributed by atoms with E-state index in [2.05, 4.69) is 4.99 Å². The van der Waals surface area contributed by atoms with Crippen LogP contribution in [0.5, 0.6) is 0 Å². The number of allylic oxidation sites excluding steroid dienone is 1. The van der Waals surface area contributed by atoms with Crippen molar-refractivity contribution in [2.45, 2.75) is 43.7 Å². The largest absolute Gasteiger partial charge is 0.394 e. The molecule has 8 heteroatoms. The predicted molar refractivity (Wildman–Crippen MR) is 88.1 cm³/mol. The van der Waals surface area contributed by atoms with Gasteiger partial charge in [0.15, 0.2) is 0 Å². The first-order valence-electron chi connectivity index (χ1n) is 7.65. The number of ether oxygens (including phenoxy) is 2. The van der Waals surface area contributed by atoms with Gasteiger partial charge in [0.25, 0.3) is 0 Å². The Labute approximate surface area is 139 Å². The standard InChI is InChI=1S/C15H24N2O5S/c1-23-8-21-15-10(22-11(7-18)14(15)20)6-9-2-4-12(16)17-13(19)5-3-9/h2,4,9-11,14-15,18,20H,3,5-8H2,1H3,(H2,16,17,19)/b4-2-/t9?,10-,11+,14?,15?/m0/s1. The summed E-state index contributed by atoms with van der Waals surface area (Å²) in [5.41, 5.74) is 5.63. The van der Waals surface area contributed by atoms with Crippen LogP contribution in [0.4, 0.5) is 0 Å². The summed E-state index contributed by atoms with van der Waals surface area (Å²) in [6, 6.07) is 0. The van der Waals surface area contributed by atoms with Crippen molar-refractivity contribution >= 4 is 23.5 Å². The van der Waals surface area contributed by atoms with Gasteiger partial charge in [-0.3, -0.25) is 4.79 Å². The van der Waals surface area contributed by atoms with Gasteiger partial charge in [-0.05, 0) is 31.1 Å². The summed E-state index contributed by atoms with van der Waals surface area (Å²) < 4.78 is 11.4. The van der Waals surface area contributed by atoms with Gasteiger partial charge in [0, 0.05) is 6.42 Å². The smallest absolute Gasteiger partial charge is 0.247 e. The van der Waals surface area contributed by atoms with E-state index in [0.717, 1.165) is 0 Å². The van der Waals surface area contributed by atoms with Crippen LogP contribution < -0.4 is 5.73 Å². The molecule has 130 valence electrons. The van der Waals surface area contributed by atoms with Crippen LogP contribution in [-0.4, -0.2) is 65.2 Å². The molecule has 2 aliphatic heterocycles. The number of hydrogen-bond acceptors (Lipinski definition) is 7. The van der Waals surface area contributed by atoms with Crippen molar-refractivity contribution in [2.24, 2.45) is 16.6 Å². The Morgan fingerprint density at radius 2 is 2.30 bits per heavy atom. The van der Waals surface area contributed by atoms with E-state index in [0.29, 0.717) is 25.2 Å². The molecule has 0 aromatic heterocycles. The number of carbonyl (C=O) groups is 1. The van der Waals surface area contributed by atoms with E-state index in [1.807, 2.05) is 12.3 Å². The molecule has 0 spiro atoms. The molecule has 4 N–H and O–H groups in total. The van der Waals surface area contributed by atoms with Crippen molar-refractivity contribution in [3.63, 3.8) is 0 Å². The highest BCUT2D eigenvalue weighted by Gasteiger charge is 2.44. The second-order valence-electron chi connectivity index (χ2n) is 5.75. The molecule has 1 amide bonds. The van der Waals surface area contributed by atoms with Gasteiger partial charge in [-0.25, -0.2) is 0 Å². The van der Waals surface area contributed by atoms with Gasteiger partial charge < -0.3 is 25.4 Å². The molecule has 0 aliphatic carbocycles. The fourth-order valence-electron chi connectivity index (χ4n) is 2.88. The van der Waals surface area contributed by atoms with Crippen molar-refractivity contribution in [3.05, 3.63) is 12.2 Å². The number of aliphatic imine (C=N–C) groups is 1. The van der Waals surface area contributed by atoms with Crippen molar-refractivity contribution in [1.82, 2.24) is 0 Å². The van der Waals surface area contributed by atoms with Gasteiger partial charge in [-0.2, -0.15) is 4.99 Å². The van der Waals surface area contributed by atoms with Crippen LogP contribution in [-0.2, 0) is 14.3 Å². The van der Waals surface area contributed by atoms with Crippen LogP contribution in [0.1, 0.15) is 19.3 Å². The zero-order valence-corrected chi connectivity index (χ0v) is 13.9. The lowest BCUT2D eigenvalue weighted by Crippen LogP contribution is -2.37. The molecule has 2 rings (SSSR count). The molecule has 0 saturated carbocycles. The number of nitrogens with zero attached hydrogens (tertiary/aromatic N) is 1. The molecule has 7 nitrogen and oxygen atoms in total. The zero-order valence-electron chi connectivity index (χ0n) is 13.1. The molecule has 23 heavy (non-hydrogen) atoms. The summed E-state index contributed by atoms with van der Waals surface area (Å²) in [5.74, 6) is 0.490. The van der Waals surface area contributed by atoms with Crippen LogP contribution in [0.2, 0.25) is 0 Å². The number of amides is 1. The second kappa shape index (κ2) is 8.79. The van der Waals surface area contributed by atoms with Gasteiger partial charge >= 0.3 is 0 Å². The minimum atomic E-state index is -0.858. The van der Waals surface area contributed by atoms with E-state index in [1.54, 1.807) is 6.08 Å². The first-order valence-corrected chi connectivity index (χ1v) is 9.04. The van der Waals surface area contributed by atoms with E-state index in [1.165, 1.54) is 11.8 Å². The van der Waals surface area contributed by atoms with Crippen LogP contribution in [0.25, 0.3) is 0 Å². The normalized spacial score (nSPS) is 36.4. The number of rotatable bonds is 6. The maximum absolute atomic E-state index is 11.6. The number of aliphatic hydroxyl groups excluding tert-OH is 2. The maximum Gasteiger partial charge on any atom is 0.247 e. The van der Waals surface area contributed by atoms with E-state index >= 15 is 0 Å². The van der Waals surface area contributed by atoms with Gasteiger partial charge in [-0.1, -0.05) is 6.08 Å². The van der Waals surface area contributed by atoms with Gasteiger partial charge in [-0.15, -0.1) is 11.8 Å². The maximum atomic E-state index is 11.6. The number of amidine groups is 1. The summed E-state index contributed by atoms with van der Waals surface area (Å²) in [6.07, 6.45) is 4.69. The number of hydrogen-bond donors (Lipinski definition) is 3. The number of thioether (sulfide) groups is 1. The molecule has 3 unspecified atom stereocenters. The molecule has 0 radical (unpaired) electrons. The monoisotopic (exact) mass is 344 g/mol. The quantitative estimate of drug-likeness (QED) is 0.583. The lowest BCUT2D eigenvalue weighted by molar-refractivity contribution is -0.118. The highest BCUT2D eigenvalue weighted by molar-refractivity contribution is 7.98. The molecule has 5 atom stereocenters. The second-order valence-corrected chi connectivity index (χ2v) is 6.56. The Kier molecular flexibility index (Phi) is 7.04. The minimum absolute atomic E-state index is 0.0722. The highest BCUT2D eigenvalue weighted by Crippen LogP contribution is 2.31. The first-order chi connectivity index (χ1) is 11.0. The number of nitrogens with two attached hydrogens (primary N) is 1. The van der Waals surface area contributed by atoms with Crippen LogP contribution in [0.3, 0.4) is 0 Å². The topological polar surface area (TPSA) is 114 Å². The SMILES string of the molecule is CSCOC1C(O)[C@@H](CO)O[C@H]1CC1/C=C\C(N)=NC(=O)CC1. The van der Waals surface area contributed by atoms with Crippen LogP contribution >= 0.6 is 11.8 Å². The molecule has 1 fully saturated rings. The van der Waals surface area contributed by atoms with Crippen molar-refractivity contribution < 1.29 is 24.5 Å². The van der Waals surface area contributed by atoms with Crippen LogP contribution in [0.15, 0.2) is 17.1 Å². The fourth-order valence-corrected chi connectivity index (χ4v) is 3.17. The van der Waals surface area contributed by atoms with Gasteiger partial charge in [0.1, 0.15) is 24.1 Å². The van der Waals surface area contributed by atoms with Gasteiger partial charge in [0.05, 0.1) is 18.6 Å². The van der Waals surface area contributed by atoms with Crippen molar-refractivity contribution in [1.29, 1.82) is 0 Å². The van der Waals surface area contributed by atoms with E-state index in [4.69, 9.17) is 15.2 Å². The number of carbonyl (C=O) groups excluding carboxylic acids is 1. The lowest BCUT2D eigenvalue weighted by atomic mass is 9.92. The predicted octanol–water partition coefficient (Wildman–Crippen LogP) is 0.0528. The van der Waals surface area contributed by atoms with Crippen molar-refractivity contribution in [3.8, 4) is 0 Å². The summed E-state index contributed by atoms with van der Waals surface area (Å²) in [7, 11) is 0. The Balaban J connectivity index is 2.03. The summed E-state index contributed by atoms with van der Waals surface area (Å²) >= 11 is 1.51. The Bertz CT molecular complexity index is 471. The molecule has 2 heterocycles. The first kappa shape index (κ1) is 18.4. The van der Waals surface area contributed by atoms with E-state index < -0.39 is 18.3 Å². The van der Waals surface area contributed by atoms with E-state index in [9.17, 15) is 15.0 Å². The fraction of sp³-hybridized carbons (Fsp3) is 0.733. The minimum Gasteiger partial charge on any atom is -0.394 e. The summed E-state index contributed by atoms with van der Waals surface area (Å²) in [4.78, 5) is 15.3. The molecule has 0 aromatic carbocycles. The molecule has 1 saturated heterocycles. The molecular formula is C15H24N2O5S. The Morgan fingerprint density at radius 1 is 1.52 bits per heavy atom. The molecule has 0 bridgehead atoms.